The van der Waals surface area contributed by atoms with E-state index in [9.17, 15) is 4.79 Å². The van der Waals surface area contributed by atoms with E-state index in [-0.39, 0.29) is 12.0 Å². The second-order valence-corrected chi connectivity index (χ2v) is 4.01. The van der Waals surface area contributed by atoms with Crippen LogP contribution in [0.5, 0.6) is 0 Å². The zero-order valence-electron chi connectivity index (χ0n) is 10.0. The molecule has 1 aromatic rings. The number of hydrogen-bond donors (Lipinski definition) is 0. The molecule has 0 N–H and O–H groups in total. The number of esters is 1. The normalized spacial score (nSPS) is 21.4. The van der Waals surface area contributed by atoms with Gasteiger partial charge in [0.25, 0.3) is 0 Å². The number of methoxy groups -OCH3 is 1. The molecular formula is C11H16N2O4. The van der Waals surface area contributed by atoms with Crippen LogP contribution < -0.4 is 0 Å². The summed E-state index contributed by atoms with van der Waals surface area (Å²) in [6.45, 7) is 4.08. The summed E-state index contributed by atoms with van der Waals surface area (Å²) in [5.41, 5.74) is 0.818. The summed E-state index contributed by atoms with van der Waals surface area (Å²) >= 11 is 0. The van der Waals surface area contributed by atoms with Gasteiger partial charge in [0.1, 0.15) is 11.8 Å². The Labute approximate surface area is 99.5 Å². The molecule has 1 unspecified atom stereocenters. The number of aromatic nitrogens is 1. The molecule has 17 heavy (non-hydrogen) atoms. The molecule has 1 aliphatic heterocycles. The molecule has 6 nitrogen and oxygen atoms in total. The third-order valence-electron chi connectivity index (χ3n) is 2.75. The van der Waals surface area contributed by atoms with Crippen molar-refractivity contribution in [3.8, 4) is 0 Å². The highest BCUT2D eigenvalue weighted by atomic mass is 16.5. The van der Waals surface area contributed by atoms with Crippen molar-refractivity contribution >= 4 is 5.97 Å². The summed E-state index contributed by atoms with van der Waals surface area (Å²) in [5, 5.41) is 3.92. The predicted molar refractivity (Wildman–Crippen MR) is 58.3 cm³/mol. The first-order valence-electron chi connectivity index (χ1n) is 5.52. The fourth-order valence-electron chi connectivity index (χ4n) is 1.88. The van der Waals surface area contributed by atoms with Crippen LogP contribution in [0, 0.1) is 6.92 Å². The van der Waals surface area contributed by atoms with Crippen LogP contribution in [0.3, 0.4) is 0 Å². The summed E-state index contributed by atoms with van der Waals surface area (Å²) in [6, 6.07) is 1.51. The van der Waals surface area contributed by atoms with E-state index in [0.717, 1.165) is 11.5 Å². The molecule has 2 heterocycles. The van der Waals surface area contributed by atoms with Gasteiger partial charge in [-0.3, -0.25) is 9.69 Å². The Balaban J connectivity index is 2.03. The van der Waals surface area contributed by atoms with Gasteiger partial charge in [0.05, 0.1) is 26.0 Å². The van der Waals surface area contributed by atoms with Gasteiger partial charge in [-0.1, -0.05) is 5.16 Å². The largest absolute Gasteiger partial charge is 0.468 e. The average Bonchev–Trinajstić information content (AvgIpc) is 2.74. The van der Waals surface area contributed by atoms with Crippen LogP contribution in [-0.4, -0.2) is 48.9 Å². The SMILES string of the molecule is COC(=O)C1COCCN1Cc1cc(C)on1. The van der Waals surface area contributed by atoms with Crippen molar-refractivity contribution < 1.29 is 18.8 Å². The standard InChI is InChI=1S/C11H16N2O4/c1-8-5-9(12-17-8)6-13-3-4-16-7-10(13)11(14)15-2/h5,10H,3-4,6-7H2,1-2H3. The number of ether oxygens (including phenoxy) is 2. The summed E-state index contributed by atoms with van der Waals surface area (Å²) < 4.78 is 15.1. The molecule has 0 saturated carbocycles. The van der Waals surface area contributed by atoms with E-state index in [1.54, 1.807) is 0 Å². The molecule has 94 valence electrons. The van der Waals surface area contributed by atoms with Gasteiger partial charge in [0.2, 0.25) is 0 Å². The number of nitrogens with zero attached hydrogens (tertiary/aromatic N) is 2. The van der Waals surface area contributed by atoms with Crippen LogP contribution >= 0.6 is 0 Å². The van der Waals surface area contributed by atoms with Gasteiger partial charge in [-0.25, -0.2) is 0 Å². The Morgan fingerprint density at radius 2 is 2.53 bits per heavy atom. The van der Waals surface area contributed by atoms with Crippen molar-refractivity contribution in [2.24, 2.45) is 0 Å². The third-order valence-corrected chi connectivity index (χ3v) is 2.75. The zero-order chi connectivity index (χ0) is 12.3. The molecule has 0 aliphatic carbocycles. The summed E-state index contributed by atoms with van der Waals surface area (Å²) in [7, 11) is 1.38. The van der Waals surface area contributed by atoms with Crippen LogP contribution in [0.2, 0.25) is 0 Å². The summed E-state index contributed by atoms with van der Waals surface area (Å²) in [6.07, 6.45) is 0. The molecule has 1 fully saturated rings. The van der Waals surface area contributed by atoms with E-state index in [2.05, 4.69) is 5.16 Å². The quantitative estimate of drug-likeness (QED) is 0.711. The highest BCUT2D eigenvalue weighted by Gasteiger charge is 2.30. The first kappa shape index (κ1) is 12.1. The van der Waals surface area contributed by atoms with Crippen molar-refractivity contribution in [1.29, 1.82) is 0 Å². The van der Waals surface area contributed by atoms with Crippen molar-refractivity contribution in [1.82, 2.24) is 10.1 Å². The zero-order valence-corrected chi connectivity index (χ0v) is 10.0. The number of carbonyl (C=O) groups excluding carboxylic acids is 1. The minimum Gasteiger partial charge on any atom is -0.468 e. The molecule has 6 heteroatoms. The number of morpholine rings is 1. The maximum Gasteiger partial charge on any atom is 0.325 e. The van der Waals surface area contributed by atoms with E-state index in [4.69, 9.17) is 14.0 Å². The Morgan fingerprint density at radius 1 is 1.71 bits per heavy atom. The first-order valence-corrected chi connectivity index (χ1v) is 5.52. The second-order valence-electron chi connectivity index (χ2n) is 4.01. The number of hydrogen-bond acceptors (Lipinski definition) is 6. The molecule has 1 aromatic heterocycles. The Morgan fingerprint density at radius 3 is 3.18 bits per heavy atom. The minimum absolute atomic E-state index is 0.273. The lowest BCUT2D eigenvalue weighted by atomic mass is 10.2. The molecule has 0 aromatic carbocycles. The molecule has 1 atom stereocenters. The van der Waals surface area contributed by atoms with E-state index < -0.39 is 0 Å². The van der Waals surface area contributed by atoms with Crippen molar-refractivity contribution in [2.75, 3.05) is 26.9 Å². The van der Waals surface area contributed by atoms with Crippen molar-refractivity contribution in [3.63, 3.8) is 0 Å². The highest BCUT2D eigenvalue weighted by molar-refractivity contribution is 5.75. The maximum absolute atomic E-state index is 11.6. The molecule has 1 aliphatic rings. The molecule has 0 radical (unpaired) electrons. The van der Waals surface area contributed by atoms with Crippen molar-refractivity contribution in [2.45, 2.75) is 19.5 Å². The predicted octanol–water partition coefficient (Wildman–Crippen LogP) is 0.357. The van der Waals surface area contributed by atoms with E-state index in [0.29, 0.717) is 26.3 Å². The van der Waals surface area contributed by atoms with Gasteiger partial charge in [0.15, 0.2) is 0 Å². The average molecular weight is 240 g/mol. The summed E-state index contributed by atoms with van der Waals surface area (Å²) in [4.78, 5) is 13.6. The van der Waals surface area contributed by atoms with E-state index in [1.807, 2.05) is 17.9 Å². The van der Waals surface area contributed by atoms with E-state index >= 15 is 0 Å². The molecule has 2 rings (SSSR count). The van der Waals surface area contributed by atoms with Crippen LogP contribution in [0.25, 0.3) is 0 Å². The van der Waals surface area contributed by atoms with Gasteiger partial charge < -0.3 is 14.0 Å². The van der Waals surface area contributed by atoms with Crippen LogP contribution in [-0.2, 0) is 20.8 Å². The lowest BCUT2D eigenvalue weighted by Crippen LogP contribution is -2.49. The Hall–Kier alpha value is -1.40. The third kappa shape index (κ3) is 2.83. The lowest BCUT2D eigenvalue weighted by Gasteiger charge is -2.32. The van der Waals surface area contributed by atoms with E-state index in [1.165, 1.54) is 7.11 Å². The Bertz CT molecular complexity index is 391. The van der Waals surface area contributed by atoms with Crippen molar-refractivity contribution in [3.05, 3.63) is 17.5 Å². The first-order chi connectivity index (χ1) is 8.20. The monoisotopic (exact) mass is 240 g/mol. The van der Waals surface area contributed by atoms with Crippen LogP contribution in [0.4, 0.5) is 0 Å². The number of aryl methyl sites for hydroxylation is 1. The molecule has 0 amide bonds. The Kier molecular flexibility index (Phi) is 3.75. The fourth-order valence-corrected chi connectivity index (χ4v) is 1.88. The number of carbonyl (C=O) groups is 1. The molecule has 1 saturated heterocycles. The smallest absolute Gasteiger partial charge is 0.325 e. The van der Waals surface area contributed by atoms with Gasteiger partial charge in [-0.05, 0) is 6.92 Å². The van der Waals surface area contributed by atoms with Crippen LogP contribution in [0.1, 0.15) is 11.5 Å². The van der Waals surface area contributed by atoms with Gasteiger partial charge in [0, 0.05) is 19.2 Å². The minimum atomic E-state index is -0.356. The lowest BCUT2D eigenvalue weighted by molar-refractivity contribution is -0.153. The highest BCUT2D eigenvalue weighted by Crippen LogP contribution is 2.13. The van der Waals surface area contributed by atoms with Gasteiger partial charge in [-0.2, -0.15) is 0 Å². The second kappa shape index (κ2) is 5.29. The number of rotatable bonds is 3. The topological polar surface area (TPSA) is 64.8 Å². The van der Waals surface area contributed by atoms with Gasteiger partial charge in [-0.15, -0.1) is 0 Å². The summed E-state index contributed by atoms with van der Waals surface area (Å²) in [5.74, 6) is 0.493. The molecule has 0 bridgehead atoms. The maximum atomic E-state index is 11.6. The fraction of sp³-hybridized carbons (Fsp3) is 0.636. The molecular weight excluding hydrogens is 224 g/mol. The van der Waals surface area contributed by atoms with Gasteiger partial charge >= 0.3 is 5.97 Å². The van der Waals surface area contributed by atoms with Crippen LogP contribution in [0.15, 0.2) is 10.6 Å². The molecule has 0 spiro atoms.